The molecule has 0 aliphatic heterocycles. The van der Waals surface area contributed by atoms with Crippen LogP contribution in [0.25, 0.3) is 0 Å². The van der Waals surface area contributed by atoms with E-state index in [0.717, 1.165) is 5.56 Å². The van der Waals surface area contributed by atoms with Crippen LogP contribution < -0.4 is 10.5 Å². The van der Waals surface area contributed by atoms with E-state index in [-0.39, 0.29) is 5.78 Å². The number of ether oxygens (including phenoxy) is 1. The minimum absolute atomic E-state index is 0.0978. The van der Waals surface area contributed by atoms with Gasteiger partial charge in [0.2, 0.25) is 0 Å². The van der Waals surface area contributed by atoms with Crippen LogP contribution >= 0.6 is 0 Å². The molecule has 0 spiro atoms. The number of aryl methyl sites for hydroxylation is 1. The van der Waals surface area contributed by atoms with Crippen molar-refractivity contribution in [2.45, 2.75) is 33.3 Å². The number of hydrogen-bond acceptors (Lipinski definition) is 3. The molecule has 1 aromatic carbocycles. The molecule has 0 aliphatic carbocycles. The maximum absolute atomic E-state index is 11.4. The van der Waals surface area contributed by atoms with Gasteiger partial charge in [0, 0.05) is 0 Å². The topological polar surface area (TPSA) is 69.4 Å². The first kappa shape index (κ1) is 13.2. The third kappa shape index (κ3) is 3.31. The van der Waals surface area contributed by atoms with E-state index < -0.39 is 12.0 Å². The minimum Gasteiger partial charge on any atom is -0.480 e. The van der Waals surface area contributed by atoms with Crippen LogP contribution in [0.2, 0.25) is 0 Å². The summed E-state index contributed by atoms with van der Waals surface area (Å²) in [4.78, 5) is 22.5. The van der Waals surface area contributed by atoms with Gasteiger partial charge in [0.15, 0.2) is 11.9 Å². The highest BCUT2D eigenvalue weighted by Crippen LogP contribution is 2.22. The third-order valence-corrected chi connectivity index (χ3v) is 2.47. The second kappa shape index (κ2) is 5.48. The number of amides is 1. The SMILES string of the molecule is CCC(Oc1cc(C)ccc1C(C)=O)C(N)=O. The molecular formula is C13H17NO3. The Bertz CT molecular complexity index is 440. The number of primary amides is 1. The van der Waals surface area contributed by atoms with Gasteiger partial charge in [0.25, 0.3) is 5.91 Å². The largest absolute Gasteiger partial charge is 0.480 e. The Balaban J connectivity index is 3.07. The predicted octanol–water partition coefficient (Wildman–Crippen LogP) is 1.84. The van der Waals surface area contributed by atoms with Crippen molar-refractivity contribution in [3.8, 4) is 5.75 Å². The molecule has 1 atom stereocenters. The number of carbonyl (C=O) groups excluding carboxylic acids is 2. The monoisotopic (exact) mass is 235 g/mol. The van der Waals surface area contributed by atoms with E-state index in [9.17, 15) is 9.59 Å². The quantitative estimate of drug-likeness (QED) is 0.792. The molecule has 0 radical (unpaired) electrons. The van der Waals surface area contributed by atoms with Gasteiger partial charge in [-0.15, -0.1) is 0 Å². The molecule has 0 bridgehead atoms. The third-order valence-electron chi connectivity index (χ3n) is 2.47. The van der Waals surface area contributed by atoms with E-state index in [1.54, 1.807) is 19.1 Å². The van der Waals surface area contributed by atoms with E-state index in [4.69, 9.17) is 10.5 Å². The molecule has 0 aliphatic rings. The van der Waals surface area contributed by atoms with E-state index in [2.05, 4.69) is 0 Å². The van der Waals surface area contributed by atoms with Crippen molar-refractivity contribution in [1.29, 1.82) is 0 Å². The van der Waals surface area contributed by atoms with Gasteiger partial charge in [-0.3, -0.25) is 9.59 Å². The molecule has 0 aromatic heterocycles. The van der Waals surface area contributed by atoms with Crippen LogP contribution in [-0.2, 0) is 4.79 Å². The van der Waals surface area contributed by atoms with E-state index >= 15 is 0 Å². The van der Waals surface area contributed by atoms with Gasteiger partial charge in [-0.25, -0.2) is 0 Å². The smallest absolute Gasteiger partial charge is 0.258 e. The van der Waals surface area contributed by atoms with Crippen LogP contribution in [0, 0.1) is 6.92 Å². The molecule has 0 saturated heterocycles. The van der Waals surface area contributed by atoms with Gasteiger partial charge in [0.05, 0.1) is 5.56 Å². The fourth-order valence-electron chi connectivity index (χ4n) is 1.51. The van der Waals surface area contributed by atoms with Crippen LogP contribution in [0.1, 0.15) is 36.2 Å². The van der Waals surface area contributed by atoms with Gasteiger partial charge < -0.3 is 10.5 Å². The average Bonchev–Trinajstić information content (AvgIpc) is 2.25. The first-order valence-electron chi connectivity index (χ1n) is 5.53. The molecule has 17 heavy (non-hydrogen) atoms. The summed E-state index contributed by atoms with van der Waals surface area (Å²) in [5, 5.41) is 0. The van der Waals surface area contributed by atoms with Gasteiger partial charge in [-0.2, -0.15) is 0 Å². The summed E-state index contributed by atoms with van der Waals surface area (Å²) >= 11 is 0. The molecular weight excluding hydrogens is 218 g/mol. The summed E-state index contributed by atoms with van der Waals surface area (Å²) in [5.41, 5.74) is 6.64. The average molecular weight is 235 g/mol. The first-order chi connectivity index (χ1) is 7.95. The zero-order chi connectivity index (χ0) is 13.0. The normalized spacial score (nSPS) is 11.9. The lowest BCUT2D eigenvalue weighted by atomic mass is 10.1. The van der Waals surface area contributed by atoms with Crippen LogP contribution in [0.15, 0.2) is 18.2 Å². The molecule has 1 rings (SSSR count). The number of carbonyl (C=O) groups is 2. The van der Waals surface area contributed by atoms with Crippen LogP contribution in [0.3, 0.4) is 0 Å². The van der Waals surface area contributed by atoms with Crippen molar-refractivity contribution in [1.82, 2.24) is 0 Å². The molecule has 0 heterocycles. The summed E-state index contributed by atoms with van der Waals surface area (Å²) in [5.74, 6) is -0.203. The van der Waals surface area contributed by atoms with Crippen molar-refractivity contribution in [2.75, 3.05) is 0 Å². The van der Waals surface area contributed by atoms with E-state index in [1.165, 1.54) is 6.92 Å². The highest BCUT2D eigenvalue weighted by molar-refractivity contribution is 5.97. The lowest BCUT2D eigenvalue weighted by Crippen LogP contribution is -2.33. The van der Waals surface area contributed by atoms with Gasteiger partial charge in [-0.1, -0.05) is 13.0 Å². The highest BCUT2D eigenvalue weighted by atomic mass is 16.5. The predicted molar refractivity (Wildman–Crippen MR) is 65.1 cm³/mol. The molecule has 92 valence electrons. The van der Waals surface area contributed by atoms with Crippen LogP contribution in [0.4, 0.5) is 0 Å². The Labute approximate surface area is 101 Å². The standard InChI is InChI=1S/C13H17NO3/c1-4-11(13(14)16)17-12-7-8(2)5-6-10(12)9(3)15/h5-7,11H,4H2,1-3H3,(H2,14,16). The van der Waals surface area contributed by atoms with E-state index in [0.29, 0.717) is 17.7 Å². The first-order valence-corrected chi connectivity index (χ1v) is 5.53. The fraction of sp³-hybridized carbons (Fsp3) is 0.385. The highest BCUT2D eigenvalue weighted by Gasteiger charge is 2.17. The maximum atomic E-state index is 11.4. The second-order valence-electron chi connectivity index (χ2n) is 3.97. The van der Waals surface area contributed by atoms with Crippen molar-refractivity contribution in [3.05, 3.63) is 29.3 Å². The summed E-state index contributed by atoms with van der Waals surface area (Å²) < 4.78 is 5.50. The summed E-state index contributed by atoms with van der Waals surface area (Å²) in [6.45, 7) is 5.16. The number of hydrogen-bond donors (Lipinski definition) is 1. The minimum atomic E-state index is -0.699. The Morgan fingerprint density at radius 3 is 2.53 bits per heavy atom. The van der Waals surface area contributed by atoms with Crippen molar-refractivity contribution in [2.24, 2.45) is 5.73 Å². The Hall–Kier alpha value is -1.84. The van der Waals surface area contributed by atoms with Gasteiger partial charge in [0.1, 0.15) is 5.75 Å². The van der Waals surface area contributed by atoms with Crippen molar-refractivity contribution in [3.63, 3.8) is 0 Å². The summed E-state index contributed by atoms with van der Waals surface area (Å²) in [6, 6.07) is 5.26. The van der Waals surface area contributed by atoms with Crippen molar-refractivity contribution >= 4 is 11.7 Å². The Morgan fingerprint density at radius 2 is 2.06 bits per heavy atom. The molecule has 1 unspecified atom stereocenters. The summed E-state index contributed by atoms with van der Waals surface area (Å²) in [6.07, 6.45) is -0.226. The Kier molecular flexibility index (Phi) is 4.26. The molecule has 0 fully saturated rings. The number of rotatable bonds is 5. The van der Waals surface area contributed by atoms with Crippen LogP contribution in [-0.4, -0.2) is 17.8 Å². The fourth-order valence-corrected chi connectivity index (χ4v) is 1.51. The second-order valence-corrected chi connectivity index (χ2v) is 3.97. The number of Topliss-reactive ketones (excluding diaryl/α,β-unsaturated/α-hetero) is 1. The zero-order valence-electron chi connectivity index (χ0n) is 10.3. The number of benzene rings is 1. The molecule has 1 aromatic rings. The number of nitrogens with two attached hydrogens (primary N) is 1. The van der Waals surface area contributed by atoms with Crippen LogP contribution in [0.5, 0.6) is 5.75 Å². The molecule has 0 saturated carbocycles. The lowest BCUT2D eigenvalue weighted by molar-refractivity contribution is -0.124. The zero-order valence-corrected chi connectivity index (χ0v) is 10.3. The summed E-state index contributed by atoms with van der Waals surface area (Å²) in [7, 11) is 0. The van der Waals surface area contributed by atoms with Gasteiger partial charge >= 0.3 is 0 Å². The lowest BCUT2D eigenvalue weighted by Gasteiger charge is -2.16. The Morgan fingerprint density at radius 1 is 1.41 bits per heavy atom. The molecule has 1 amide bonds. The molecule has 4 heteroatoms. The molecule has 2 N–H and O–H groups in total. The maximum Gasteiger partial charge on any atom is 0.258 e. The van der Waals surface area contributed by atoms with Gasteiger partial charge in [-0.05, 0) is 38.0 Å². The van der Waals surface area contributed by atoms with Crippen molar-refractivity contribution < 1.29 is 14.3 Å². The molecule has 4 nitrogen and oxygen atoms in total. The number of ketones is 1. The van der Waals surface area contributed by atoms with E-state index in [1.807, 2.05) is 13.0 Å².